The van der Waals surface area contributed by atoms with Gasteiger partial charge in [0, 0.05) is 37.7 Å². The van der Waals surface area contributed by atoms with Crippen molar-refractivity contribution < 1.29 is 0 Å². The third-order valence-corrected chi connectivity index (χ3v) is 5.29. The van der Waals surface area contributed by atoms with Gasteiger partial charge in [-0.3, -0.25) is 4.90 Å². The van der Waals surface area contributed by atoms with Gasteiger partial charge in [0.2, 0.25) is 0 Å². The molecule has 4 rings (SSSR count). The molecule has 0 spiro atoms. The van der Waals surface area contributed by atoms with Gasteiger partial charge in [-0.2, -0.15) is 0 Å². The quantitative estimate of drug-likeness (QED) is 0.942. The number of fused-ring (bicyclic) bond motifs is 1. The number of rotatable bonds is 3. The molecule has 0 radical (unpaired) electrons. The highest BCUT2D eigenvalue weighted by Gasteiger charge is 2.35. The number of nitrogens with one attached hydrogen (secondary N) is 1. The van der Waals surface area contributed by atoms with Gasteiger partial charge in [0.15, 0.2) is 0 Å². The number of imidazole rings is 1. The van der Waals surface area contributed by atoms with Gasteiger partial charge in [0.25, 0.3) is 0 Å². The maximum Gasteiger partial charge on any atom is 0.110 e. The van der Waals surface area contributed by atoms with Crippen LogP contribution < -0.4 is 5.32 Å². The third kappa shape index (κ3) is 2.46. The summed E-state index contributed by atoms with van der Waals surface area (Å²) in [5.41, 5.74) is 4.04. The SMILES string of the molecule is Cc1cc(-n2ccnc2C)ccc1CN1C[C@H]2CNC[C@H]2C1. The second kappa shape index (κ2) is 5.52. The van der Waals surface area contributed by atoms with Crippen LogP contribution in [0.4, 0.5) is 0 Å². The second-order valence-electron chi connectivity index (χ2n) is 6.83. The Morgan fingerprint density at radius 1 is 1.18 bits per heavy atom. The van der Waals surface area contributed by atoms with E-state index in [0.29, 0.717) is 0 Å². The van der Waals surface area contributed by atoms with Crippen molar-refractivity contribution in [2.75, 3.05) is 26.2 Å². The highest BCUT2D eigenvalue weighted by atomic mass is 15.2. The largest absolute Gasteiger partial charge is 0.316 e. The molecule has 1 N–H and O–H groups in total. The summed E-state index contributed by atoms with van der Waals surface area (Å²) < 4.78 is 2.14. The fourth-order valence-electron chi connectivity index (χ4n) is 3.98. The van der Waals surface area contributed by atoms with Crippen molar-refractivity contribution in [2.45, 2.75) is 20.4 Å². The molecule has 2 fully saturated rings. The number of aromatic nitrogens is 2. The van der Waals surface area contributed by atoms with Gasteiger partial charge in [-0.25, -0.2) is 4.98 Å². The van der Waals surface area contributed by atoms with E-state index in [4.69, 9.17) is 0 Å². The molecule has 0 amide bonds. The first-order chi connectivity index (χ1) is 10.7. The van der Waals surface area contributed by atoms with Crippen molar-refractivity contribution >= 4 is 0 Å². The minimum absolute atomic E-state index is 0.869. The van der Waals surface area contributed by atoms with Gasteiger partial charge in [-0.1, -0.05) is 6.07 Å². The van der Waals surface area contributed by atoms with E-state index in [9.17, 15) is 0 Å². The third-order valence-electron chi connectivity index (χ3n) is 5.29. The lowest BCUT2D eigenvalue weighted by Gasteiger charge is -2.19. The highest BCUT2D eigenvalue weighted by Crippen LogP contribution is 2.28. The van der Waals surface area contributed by atoms with Crippen LogP contribution in [0.5, 0.6) is 0 Å². The fraction of sp³-hybridized carbons (Fsp3) is 0.500. The van der Waals surface area contributed by atoms with E-state index in [1.807, 2.05) is 19.3 Å². The molecule has 4 nitrogen and oxygen atoms in total. The summed E-state index contributed by atoms with van der Waals surface area (Å²) in [5, 5.41) is 3.51. The Hall–Kier alpha value is -1.65. The molecule has 2 aliphatic heterocycles. The zero-order valence-corrected chi connectivity index (χ0v) is 13.4. The summed E-state index contributed by atoms with van der Waals surface area (Å²) in [6.45, 7) is 10.3. The summed E-state index contributed by atoms with van der Waals surface area (Å²) in [6.07, 6.45) is 3.88. The van der Waals surface area contributed by atoms with E-state index in [0.717, 1.165) is 24.2 Å². The number of nitrogens with zero attached hydrogens (tertiary/aromatic N) is 3. The summed E-state index contributed by atoms with van der Waals surface area (Å²) in [6, 6.07) is 6.79. The zero-order chi connectivity index (χ0) is 15.1. The van der Waals surface area contributed by atoms with Crippen LogP contribution in [-0.4, -0.2) is 40.6 Å². The van der Waals surface area contributed by atoms with Gasteiger partial charge in [0.05, 0.1) is 0 Å². The Labute approximate surface area is 132 Å². The molecule has 1 aromatic carbocycles. The number of hydrogen-bond acceptors (Lipinski definition) is 3. The molecule has 0 saturated carbocycles. The van der Waals surface area contributed by atoms with Crippen molar-refractivity contribution in [2.24, 2.45) is 11.8 Å². The minimum atomic E-state index is 0.869. The Bertz CT molecular complexity index is 663. The van der Waals surface area contributed by atoms with E-state index in [1.165, 1.54) is 43.0 Å². The van der Waals surface area contributed by atoms with Crippen molar-refractivity contribution in [1.82, 2.24) is 19.8 Å². The molecule has 0 aliphatic carbocycles. The molecule has 22 heavy (non-hydrogen) atoms. The van der Waals surface area contributed by atoms with Crippen LogP contribution >= 0.6 is 0 Å². The standard InChI is InChI=1S/C18H24N4/c1-13-7-18(22-6-5-20-14(22)2)4-3-15(13)10-21-11-16-8-19-9-17(16)12-21/h3-7,16-17,19H,8-12H2,1-2H3/t16-,17+. The van der Waals surface area contributed by atoms with E-state index in [1.54, 1.807) is 0 Å². The molecule has 1 aromatic heterocycles. The Morgan fingerprint density at radius 3 is 2.59 bits per heavy atom. The van der Waals surface area contributed by atoms with Crippen LogP contribution in [0.3, 0.4) is 0 Å². The van der Waals surface area contributed by atoms with Crippen LogP contribution in [-0.2, 0) is 6.54 Å². The maximum absolute atomic E-state index is 4.31. The van der Waals surface area contributed by atoms with Crippen molar-refractivity contribution in [3.63, 3.8) is 0 Å². The smallest absolute Gasteiger partial charge is 0.110 e. The Balaban J connectivity index is 1.50. The van der Waals surface area contributed by atoms with Crippen LogP contribution in [0.25, 0.3) is 5.69 Å². The summed E-state index contributed by atoms with van der Waals surface area (Å²) in [7, 11) is 0. The average Bonchev–Trinajstić information content (AvgIpc) is 3.17. The minimum Gasteiger partial charge on any atom is -0.316 e. The average molecular weight is 296 g/mol. The van der Waals surface area contributed by atoms with Gasteiger partial charge in [-0.15, -0.1) is 0 Å². The fourth-order valence-corrected chi connectivity index (χ4v) is 3.98. The highest BCUT2D eigenvalue weighted by molar-refractivity contribution is 5.41. The van der Waals surface area contributed by atoms with Gasteiger partial charge >= 0.3 is 0 Å². The molecular weight excluding hydrogens is 272 g/mol. The van der Waals surface area contributed by atoms with Crippen LogP contribution in [0.15, 0.2) is 30.6 Å². The monoisotopic (exact) mass is 296 g/mol. The van der Waals surface area contributed by atoms with Crippen LogP contribution in [0.2, 0.25) is 0 Å². The number of hydrogen-bond donors (Lipinski definition) is 1. The molecular formula is C18H24N4. The number of aryl methyl sites for hydroxylation is 2. The van der Waals surface area contributed by atoms with Gasteiger partial charge in [-0.05, 0) is 62.0 Å². The molecule has 2 atom stereocenters. The summed E-state index contributed by atoms with van der Waals surface area (Å²) in [4.78, 5) is 6.94. The molecule has 116 valence electrons. The van der Waals surface area contributed by atoms with E-state index < -0.39 is 0 Å². The van der Waals surface area contributed by atoms with Crippen molar-refractivity contribution in [3.05, 3.63) is 47.5 Å². The van der Waals surface area contributed by atoms with Gasteiger partial charge < -0.3 is 9.88 Å². The Kier molecular flexibility index (Phi) is 3.51. The summed E-state index contributed by atoms with van der Waals surface area (Å²) in [5.74, 6) is 2.77. The topological polar surface area (TPSA) is 33.1 Å². The number of likely N-dealkylation sites (tertiary alicyclic amines) is 1. The molecule has 3 heterocycles. The molecule has 2 aromatic rings. The summed E-state index contributed by atoms with van der Waals surface area (Å²) >= 11 is 0. The maximum atomic E-state index is 4.31. The lowest BCUT2D eigenvalue weighted by Crippen LogP contribution is -2.25. The van der Waals surface area contributed by atoms with Crippen molar-refractivity contribution in [1.29, 1.82) is 0 Å². The van der Waals surface area contributed by atoms with E-state index >= 15 is 0 Å². The molecule has 4 heteroatoms. The predicted molar refractivity (Wildman–Crippen MR) is 88.2 cm³/mol. The molecule has 0 unspecified atom stereocenters. The lowest BCUT2D eigenvalue weighted by atomic mass is 10.0. The first-order valence-corrected chi connectivity index (χ1v) is 8.23. The first-order valence-electron chi connectivity index (χ1n) is 8.23. The molecule has 0 bridgehead atoms. The van der Waals surface area contributed by atoms with E-state index in [2.05, 4.69) is 44.9 Å². The lowest BCUT2D eigenvalue weighted by molar-refractivity contribution is 0.305. The molecule has 2 aliphatic rings. The normalized spacial score (nSPS) is 24.8. The zero-order valence-electron chi connectivity index (χ0n) is 13.4. The first kappa shape index (κ1) is 14.0. The Morgan fingerprint density at radius 2 is 1.95 bits per heavy atom. The van der Waals surface area contributed by atoms with Crippen molar-refractivity contribution in [3.8, 4) is 5.69 Å². The van der Waals surface area contributed by atoms with E-state index in [-0.39, 0.29) is 0 Å². The number of benzene rings is 1. The molecule has 2 saturated heterocycles. The second-order valence-corrected chi connectivity index (χ2v) is 6.83. The van der Waals surface area contributed by atoms with Crippen LogP contribution in [0.1, 0.15) is 17.0 Å². The van der Waals surface area contributed by atoms with Gasteiger partial charge in [0.1, 0.15) is 5.82 Å². The predicted octanol–water partition coefficient (Wildman–Crippen LogP) is 2.14. The van der Waals surface area contributed by atoms with Crippen LogP contribution in [0, 0.1) is 25.7 Å².